The number of nitrogens with two attached hydrogens (primary N) is 1. The lowest BCUT2D eigenvalue weighted by Gasteiger charge is -2.35. The van der Waals surface area contributed by atoms with Crippen molar-refractivity contribution in [1.82, 2.24) is 25.8 Å². The fourth-order valence-corrected chi connectivity index (χ4v) is 7.92. The van der Waals surface area contributed by atoms with Gasteiger partial charge in [0.2, 0.25) is 23.6 Å². The number of hydrogen-bond acceptors (Lipinski definition) is 10. The van der Waals surface area contributed by atoms with Crippen LogP contribution < -0.4 is 26.4 Å². The van der Waals surface area contributed by atoms with Crippen LogP contribution in [-0.2, 0) is 30.3 Å². The van der Waals surface area contributed by atoms with E-state index >= 15 is 4.39 Å². The first-order valence-corrected chi connectivity index (χ1v) is 21.9. The van der Waals surface area contributed by atoms with Crippen molar-refractivity contribution in [3.63, 3.8) is 0 Å². The summed E-state index contributed by atoms with van der Waals surface area (Å²) < 4.78 is 41.0. The lowest BCUT2D eigenvalue weighted by Crippen LogP contribution is -2.57. The smallest absolute Gasteiger partial charge is 0.407 e. The number of alkyl carbamates (subject to hydrolysis) is 1. The molecule has 2 aromatic carbocycles. The molecule has 0 radical (unpaired) electrons. The molecule has 0 unspecified atom stereocenters. The molecule has 5 atom stereocenters. The number of carbonyl (C=O) groups excluding carboxylic acids is 5. The van der Waals surface area contributed by atoms with E-state index in [9.17, 15) is 33.5 Å². The lowest BCUT2D eigenvalue weighted by molar-refractivity contribution is -0.144. The SMILES string of the molecule is Cc1ncsc1-c1ccc([C@H](C)NC(=O)[C@@H]2C[C@@H](O)CN2C(=O)[C@@H](NC(=O)CCCCCc2cc(F)cc(OC[C@H](CCC(N)=O)NC(=O)OC(C)(C)C)c2F)C(C)(C)C)cc1. The van der Waals surface area contributed by atoms with Gasteiger partial charge >= 0.3 is 6.09 Å². The molecule has 340 valence electrons. The molecule has 1 aliphatic heterocycles. The van der Waals surface area contributed by atoms with Gasteiger partial charge in [-0.15, -0.1) is 11.3 Å². The fraction of sp³-hybridized carbons (Fsp3) is 0.556. The third kappa shape index (κ3) is 14.7. The van der Waals surface area contributed by atoms with Crippen LogP contribution in [0.25, 0.3) is 10.4 Å². The summed E-state index contributed by atoms with van der Waals surface area (Å²) in [5.74, 6) is -3.73. The Bertz CT molecular complexity index is 2030. The average Bonchev–Trinajstić information content (AvgIpc) is 3.79. The molecule has 17 heteroatoms. The van der Waals surface area contributed by atoms with Crippen molar-refractivity contribution >= 4 is 41.1 Å². The number of aryl methyl sites for hydroxylation is 2. The largest absolute Gasteiger partial charge is 0.488 e. The number of amides is 5. The number of benzene rings is 2. The Labute approximate surface area is 366 Å². The van der Waals surface area contributed by atoms with Crippen molar-refractivity contribution in [3.8, 4) is 16.2 Å². The van der Waals surface area contributed by atoms with Crippen LogP contribution in [-0.4, -0.2) is 87.7 Å². The van der Waals surface area contributed by atoms with Gasteiger partial charge in [-0.2, -0.15) is 0 Å². The van der Waals surface area contributed by atoms with Gasteiger partial charge in [-0.25, -0.2) is 18.6 Å². The molecule has 4 rings (SSSR count). The minimum atomic E-state index is -0.995. The zero-order chi connectivity index (χ0) is 45.9. The van der Waals surface area contributed by atoms with E-state index in [1.165, 1.54) is 4.90 Å². The Kier molecular flexibility index (Phi) is 17.4. The predicted molar refractivity (Wildman–Crippen MR) is 232 cm³/mol. The number of nitrogens with zero attached hydrogens (tertiary/aromatic N) is 2. The van der Waals surface area contributed by atoms with Gasteiger partial charge in [0, 0.05) is 31.9 Å². The first kappa shape index (κ1) is 49.5. The van der Waals surface area contributed by atoms with E-state index in [0.29, 0.717) is 19.3 Å². The Balaban J connectivity index is 1.29. The summed E-state index contributed by atoms with van der Waals surface area (Å²) in [6.07, 6.45) is -0.142. The molecule has 6 N–H and O–H groups in total. The molecule has 1 saturated heterocycles. The summed E-state index contributed by atoms with van der Waals surface area (Å²) in [6, 6.07) is 6.71. The highest BCUT2D eigenvalue weighted by molar-refractivity contribution is 7.13. The maximum absolute atomic E-state index is 15.5. The zero-order valence-electron chi connectivity index (χ0n) is 36.9. The number of rotatable bonds is 19. The molecule has 0 spiro atoms. The third-order valence-electron chi connectivity index (χ3n) is 10.4. The molecule has 1 fully saturated rings. The number of unbranched alkanes of at least 4 members (excludes halogenated alkanes) is 2. The Morgan fingerprint density at radius 3 is 2.29 bits per heavy atom. The highest BCUT2D eigenvalue weighted by Crippen LogP contribution is 2.30. The first-order valence-electron chi connectivity index (χ1n) is 21.0. The molecule has 1 aliphatic rings. The van der Waals surface area contributed by atoms with Crippen LogP contribution >= 0.6 is 11.3 Å². The highest BCUT2D eigenvalue weighted by Gasteiger charge is 2.44. The second-order valence-electron chi connectivity index (χ2n) is 18.0. The number of nitrogens with one attached hydrogen (secondary N) is 3. The van der Waals surface area contributed by atoms with Crippen LogP contribution in [0.4, 0.5) is 13.6 Å². The van der Waals surface area contributed by atoms with Crippen molar-refractivity contribution in [2.75, 3.05) is 13.2 Å². The Morgan fingerprint density at radius 2 is 1.68 bits per heavy atom. The van der Waals surface area contributed by atoms with E-state index in [1.54, 1.807) is 58.4 Å². The van der Waals surface area contributed by atoms with Crippen LogP contribution in [0.15, 0.2) is 41.9 Å². The molecule has 0 bridgehead atoms. The molecule has 1 aromatic heterocycles. The van der Waals surface area contributed by atoms with Crippen molar-refractivity contribution < 1.29 is 47.3 Å². The number of likely N-dealkylation sites (tertiary alicyclic amines) is 1. The summed E-state index contributed by atoms with van der Waals surface area (Å²) >= 11 is 1.55. The number of aliphatic hydroxyl groups excluding tert-OH is 1. The van der Waals surface area contributed by atoms with Gasteiger partial charge in [-0.3, -0.25) is 19.2 Å². The number of aromatic nitrogens is 1. The van der Waals surface area contributed by atoms with Crippen LogP contribution in [0, 0.1) is 24.0 Å². The number of β-amino-alcohol motifs (C(OH)–C–C–N with tert-alkyl or cyclic N) is 1. The van der Waals surface area contributed by atoms with Crippen molar-refractivity contribution in [2.24, 2.45) is 11.1 Å². The Morgan fingerprint density at radius 1 is 0.984 bits per heavy atom. The van der Waals surface area contributed by atoms with Gasteiger partial charge in [0.15, 0.2) is 11.6 Å². The zero-order valence-corrected chi connectivity index (χ0v) is 37.8. The molecule has 5 amide bonds. The van der Waals surface area contributed by atoms with E-state index in [4.69, 9.17) is 15.2 Å². The topological polar surface area (TPSA) is 202 Å². The van der Waals surface area contributed by atoms with E-state index in [0.717, 1.165) is 33.8 Å². The minimum absolute atomic E-state index is 0.0566. The number of halogens is 2. The quantitative estimate of drug-likeness (QED) is 0.0844. The summed E-state index contributed by atoms with van der Waals surface area (Å²) in [5, 5.41) is 19.1. The van der Waals surface area contributed by atoms with Gasteiger partial charge in [0.25, 0.3) is 0 Å². The van der Waals surface area contributed by atoms with Crippen LogP contribution in [0.5, 0.6) is 5.75 Å². The third-order valence-corrected chi connectivity index (χ3v) is 11.4. The summed E-state index contributed by atoms with van der Waals surface area (Å²) in [7, 11) is 0. The molecular weight excluding hydrogens is 823 g/mol. The maximum atomic E-state index is 15.5. The van der Waals surface area contributed by atoms with E-state index in [2.05, 4.69) is 20.9 Å². The summed E-state index contributed by atoms with van der Waals surface area (Å²) in [5.41, 5.74) is 8.44. The van der Waals surface area contributed by atoms with Crippen LogP contribution in [0.1, 0.15) is 116 Å². The molecular formula is C45H62F2N6O8S. The normalized spacial score (nSPS) is 16.9. The number of thiazole rings is 1. The number of carbonyl (C=O) groups is 5. The van der Waals surface area contributed by atoms with Gasteiger partial charge in [0.05, 0.1) is 34.3 Å². The van der Waals surface area contributed by atoms with E-state index in [-0.39, 0.29) is 68.5 Å². The molecule has 14 nitrogen and oxygen atoms in total. The second kappa shape index (κ2) is 21.8. The van der Waals surface area contributed by atoms with Gasteiger partial charge in [-0.05, 0) is 88.5 Å². The molecule has 62 heavy (non-hydrogen) atoms. The molecule has 0 saturated carbocycles. The first-order chi connectivity index (χ1) is 29.0. The van der Waals surface area contributed by atoms with Crippen molar-refractivity contribution in [2.45, 2.75) is 143 Å². The van der Waals surface area contributed by atoms with E-state index in [1.807, 2.05) is 38.1 Å². The Hall–Kier alpha value is -5.16. The second-order valence-corrected chi connectivity index (χ2v) is 18.8. The van der Waals surface area contributed by atoms with Gasteiger partial charge < -0.3 is 41.2 Å². The van der Waals surface area contributed by atoms with Crippen LogP contribution in [0.2, 0.25) is 0 Å². The van der Waals surface area contributed by atoms with Crippen LogP contribution in [0.3, 0.4) is 0 Å². The van der Waals surface area contributed by atoms with Crippen molar-refractivity contribution in [1.29, 1.82) is 0 Å². The minimum Gasteiger partial charge on any atom is -0.488 e. The number of ether oxygens (including phenoxy) is 2. The summed E-state index contributed by atoms with van der Waals surface area (Å²) in [6.45, 7) is 13.9. The molecule has 3 aromatic rings. The maximum Gasteiger partial charge on any atom is 0.407 e. The van der Waals surface area contributed by atoms with E-state index < -0.39 is 70.7 Å². The number of primary amides is 1. The highest BCUT2D eigenvalue weighted by atomic mass is 32.1. The molecule has 0 aliphatic carbocycles. The lowest BCUT2D eigenvalue weighted by atomic mass is 9.85. The predicted octanol–water partition coefficient (Wildman–Crippen LogP) is 6.41. The fourth-order valence-electron chi connectivity index (χ4n) is 7.11. The van der Waals surface area contributed by atoms with Gasteiger partial charge in [0.1, 0.15) is 30.1 Å². The molecule has 2 heterocycles. The monoisotopic (exact) mass is 884 g/mol. The number of aliphatic hydroxyl groups is 1. The van der Waals surface area contributed by atoms with Gasteiger partial charge in [-0.1, -0.05) is 51.5 Å². The summed E-state index contributed by atoms with van der Waals surface area (Å²) in [4.78, 5) is 71.4. The average molecular weight is 885 g/mol. The standard InChI is InChI=1S/C45H62F2N6O8S/c1-26(28-14-16-29(17-15-28)39-27(2)49-25-62-39)50-41(57)34-22-33(54)23-53(34)42(58)40(44(3,4)5)52-37(56)13-11-9-10-12-30-20-31(46)21-35(38(30)47)60-24-32(18-19-36(48)55)51-43(59)61-45(6,7)8/h14-17,20-21,25-26,32-34,40,54H,9-13,18-19,22-24H2,1-8H3,(H2,48,55)(H,50,57)(H,51,59)(H,52,56)/t26-,32-,33+,34-,40+/m0/s1. The van der Waals surface area contributed by atoms with Crippen molar-refractivity contribution in [3.05, 3.63) is 70.4 Å². The number of hydrogen-bond donors (Lipinski definition) is 5.